The number of benzene rings is 3. The number of para-hydroxylation sites is 2. The zero-order chi connectivity index (χ0) is 22.8. The number of nitrogens with zero attached hydrogens (tertiary/aromatic N) is 1. The van der Waals surface area contributed by atoms with Crippen LogP contribution in [0.25, 0.3) is 5.57 Å². The van der Waals surface area contributed by atoms with E-state index in [0.29, 0.717) is 12.4 Å². The fourth-order valence-corrected chi connectivity index (χ4v) is 3.39. The molecule has 0 atom stereocenters. The lowest BCUT2D eigenvalue weighted by Gasteiger charge is -2.19. The highest BCUT2D eigenvalue weighted by Crippen LogP contribution is 2.38. The Balaban J connectivity index is 1.83. The molecule has 0 bridgehead atoms. The Morgan fingerprint density at radius 3 is 2.28 bits per heavy atom. The van der Waals surface area contributed by atoms with Crippen LogP contribution in [0.1, 0.15) is 12.5 Å². The van der Waals surface area contributed by atoms with Crippen molar-refractivity contribution in [1.29, 1.82) is 0 Å². The van der Waals surface area contributed by atoms with Gasteiger partial charge in [-0.05, 0) is 48.9 Å². The summed E-state index contributed by atoms with van der Waals surface area (Å²) in [6.07, 6.45) is 0. The van der Waals surface area contributed by atoms with Crippen LogP contribution in [-0.2, 0) is 9.59 Å². The van der Waals surface area contributed by atoms with Crippen LogP contribution in [0.15, 0.2) is 72.4 Å². The quantitative estimate of drug-likeness (QED) is 0.557. The van der Waals surface area contributed by atoms with Gasteiger partial charge in [-0.2, -0.15) is 0 Å². The number of ether oxygens (including phenoxy) is 1. The molecule has 0 radical (unpaired) electrons. The first-order valence-corrected chi connectivity index (χ1v) is 9.73. The lowest BCUT2D eigenvalue weighted by Crippen LogP contribution is -2.32. The summed E-state index contributed by atoms with van der Waals surface area (Å²) in [5.41, 5.74) is 0.391. The standard InChI is InChI=1S/C24H17F3N2O3/c1-2-32-20-6-4-3-5-19(20)29-23(30)21(14-7-9-15(25)10-8-14)22(24(29)31)28-16-11-12-17(26)18(27)13-16/h3-13,28H,2H2,1H3. The molecule has 3 aromatic rings. The lowest BCUT2D eigenvalue weighted by molar-refractivity contribution is -0.120. The largest absolute Gasteiger partial charge is 0.492 e. The van der Waals surface area contributed by atoms with Gasteiger partial charge in [0.15, 0.2) is 11.6 Å². The first kappa shape index (κ1) is 21.2. The van der Waals surface area contributed by atoms with E-state index in [9.17, 15) is 22.8 Å². The van der Waals surface area contributed by atoms with Crippen LogP contribution in [0.2, 0.25) is 0 Å². The van der Waals surface area contributed by atoms with Crippen molar-refractivity contribution in [3.63, 3.8) is 0 Å². The molecule has 5 nitrogen and oxygen atoms in total. The Hall–Kier alpha value is -4.07. The van der Waals surface area contributed by atoms with Crippen molar-refractivity contribution in [1.82, 2.24) is 0 Å². The molecular formula is C24H17F3N2O3. The maximum Gasteiger partial charge on any atom is 0.282 e. The van der Waals surface area contributed by atoms with E-state index in [-0.39, 0.29) is 28.2 Å². The molecule has 0 aromatic heterocycles. The summed E-state index contributed by atoms with van der Waals surface area (Å²) in [5.74, 6) is -3.74. The molecule has 0 spiro atoms. The average Bonchev–Trinajstić information content (AvgIpc) is 3.01. The topological polar surface area (TPSA) is 58.6 Å². The van der Waals surface area contributed by atoms with E-state index in [1.165, 1.54) is 18.2 Å². The van der Waals surface area contributed by atoms with Gasteiger partial charge < -0.3 is 10.1 Å². The van der Waals surface area contributed by atoms with E-state index in [4.69, 9.17) is 4.74 Å². The molecule has 3 aromatic carbocycles. The summed E-state index contributed by atoms with van der Waals surface area (Å²) in [4.78, 5) is 27.7. The molecule has 1 N–H and O–H groups in total. The number of halogens is 3. The minimum absolute atomic E-state index is 0.0361. The third kappa shape index (κ3) is 3.82. The van der Waals surface area contributed by atoms with Gasteiger partial charge in [0.2, 0.25) is 0 Å². The minimum atomic E-state index is -1.12. The molecule has 0 fully saturated rings. The van der Waals surface area contributed by atoms with Gasteiger partial charge in [0.1, 0.15) is 17.3 Å². The van der Waals surface area contributed by atoms with Crippen LogP contribution in [0.5, 0.6) is 5.75 Å². The first-order chi connectivity index (χ1) is 15.4. The van der Waals surface area contributed by atoms with E-state index in [0.717, 1.165) is 29.2 Å². The predicted octanol–water partition coefficient (Wildman–Crippen LogP) is 4.90. The van der Waals surface area contributed by atoms with Crippen LogP contribution in [0.4, 0.5) is 24.5 Å². The van der Waals surface area contributed by atoms with Gasteiger partial charge in [0.25, 0.3) is 11.8 Å². The number of hydrogen-bond acceptors (Lipinski definition) is 4. The average molecular weight is 438 g/mol. The van der Waals surface area contributed by atoms with Crippen molar-refractivity contribution in [3.8, 4) is 5.75 Å². The number of rotatable bonds is 6. The summed E-state index contributed by atoms with van der Waals surface area (Å²) in [7, 11) is 0. The molecule has 1 aliphatic heterocycles. The summed E-state index contributed by atoms with van der Waals surface area (Å²) in [5, 5.41) is 2.73. The van der Waals surface area contributed by atoms with Gasteiger partial charge in [0.05, 0.1) is 17.9 Å². The van der Waals surface area contributed by atoms with E-state index in [1.807, 2.05) is 0 Å². The number of nitrogens with one attached hydrogen (secondary N) is 1. The van der Waals surface area contributed by atoms with Crippen molar-refractivity contribution >= 4 is 28.8 Å². The second-order valence-corrected chi connectivity index (χ2v) is 6.86. The molecule has 2 amide bonds. The van der Waals surface area contributed by atoms with Crippen molar-refractivity contribution in [2.45, 2.75) is 6.92 Å². The SMILES string of the molecule is CCOc1ccccc1N1C(=O)C(Nc2ccc(F)c(F)c2)=C(c2ccc(F)cc2)C1=O. The number of amides is 2. The second-order valence-electron chi connectivity index (χ2n) is 6.86. The minimum Gasteiger partial charge on any atom is -0.492 e. The highest BCUT2D eigenvalue weighted by molar-refractivity contribution is 6.46. The molecule has 162 valence electrons. The smallest absolute Gasteiger partial charge is 0.282 e. The predicted molar refractivity (Wildman–Crippen MR) is 113 cm³/mol. The van der Waals surface area contributed by atoms with Crippen molar-refractivity contribution in [2.24, 2.45) is 0 Å². The Morgan fingerprint density at radius 1 is 0.875 bits per heavy atom. The Kier molecular flexibility index (Phi) is 5.68. The zero-order valence-electron chi connectivity index (χ0n) is 16.9. The molecule has 0 saturated heterocycles. The first-order valence-electron chi connectivity index (χ1n) is 9.73. The van der Waals surface area contributed by atoms with Crippen LogP contribution in [-0.4, -0.2) is 18.4 Å². The Labute approximate surface area is 181 Å². The number of hydrogen-bond donors (Lipinski definition) is 1. The van der Waals surface area contributed by atoms with Gasteiger partial charge >= 0.3 is 0 Å². The fraction of sp³-hybridized carbons (Fsp3) is 0.0833. The summed E-state index contributed by atoms with van der Waals surface area (Å²) in [6, 6.07) is 14.6. The highest BCUT2D eigenvalue weighted by atomic mass is 19.2. The van der Waals surface area contributed by atoms with Crippen LogP contribution in [0, 0.1) is 17.5 Å². The lowest BCUT2D eigenvalue weighted by atomic mass is 10.0. The molecule has 8 heteroatoms. The van der Waals surface area contributed by atoms with Crippen LogP contribution < -0.4 is 15.0 Å². The Bertz CT molecular complexity index is 1240. The molecule has 1 heterocycles. The van der Waals surface area contributed by atoms with Crippen LogP contribution in [0.3, 0.4) is 0 Å². The van der Waals surface area contributed by atoms with Gasteiger partial charge in [-0.25, -0.2) is 18.1 Å². The third-order valence-corrected chi connectivity index (χ3v) is 4.81. The summed E-state index contributed by atoms with van der Waals surface area (Å²) < 4.78 is 46.1. The molecular weight excluding hydrogens is 421 g/mol. The van der Waals surface area contributed by atoms with E-state index in [2.05, 4.69) is 5.32 Å². The monoisotopic (exact) mass is 438 g/mol. The maximum absolute atomic E-state index is 13.7. The zero-order valence-corrected chi connectivity index (χ0v) is 16.9. The fourth-order valence-electron chi connectivity index (χ4n) is 3.39. The summed E-state index contributed by atoms with van der Waals surface area (Å²) in [6.45, 7) is 2.08. The third-order valence-electron chi connectivity index (χ3n) is 4.81. The maximum atomic E-state index is 13.7. The van der Waals surface area contributed by atoms with Gasteiger partial charge in [0, 0.05) is 11.8 Å². The Morgan fingerprint density at radius 2 is 1.59 bits per heavy atom. The molecule has 1 aliphatic rings. The van der Waals surface area contributed by atoms with Gasteiger partial charge in [-0.15, -0.1) is 0 Å². The van der Waals surface area contributed by atoms with Crippen molar-refractivity contribution in [2.75, 3.05) is 16.8 Å². The number of carbonyl (C=O) groups excluding carboxylic acids is 2. The number of carbonyl (C=O) groups is 2. The second kappa shape index (κ2) is 8.58. The molecule has 0 saturated carbocycles. The van der Waals surface area contributed by atoms with E-state index >= 15 is 0 Å². The van der Waals surface area contributed by atoms with Crippen molar-refractivity contribution in [3.05, 3.63) is 95.4 Å². The van der Waals surface area contributed by atoms with Gasteiger partial charge in [-0.3, -0.25) is 9.59 Å². The molecule has 32 heavy (non-hydrogen) atoms. The normalized spacial score (nSPS) is 13.7. The van der Waals surface area contributed by atoms with E-state index in [1.54, 1.807) is 31.2 Å². The van der Waals surface area contributed by atoms with E-state index < -0.39 is 29.3 Å². The summed E-state index contributed by atoms with van der Waals surface area (Å²) >= 11 is 0. The number of anilines is 2. The molecule has 0 unspecified atom stereocenters. The van der Waals surface area contributed by atoms with Gasteiger partial charge in [-0.1, -0.05) is 24.3 Å². The molecule has 0 aliphatic carbocycles. The van der Waals surface area contributed by atoms with Crippen molar-refractivity contribution < 1.29 is 27.5 Å². The number of imide groups is 1. The molecule has 4 rings (SSSR count). The van der Waals surface area contributed by atoms with Crippen LogP contribution >= 0.6 is 0 Å². The highest BCUT2D eigenvalue weighted by Gasteiger charge is 2.41.